The fourth-order valence-electron chi connectivity index (χ4n) is 1.45. The summed E-state index contributed by atoms with van der Waals surface area (Å²) in [6.45, 7) is 2.85. The smallest absolute Gasteiger partial charge is 0.119 e. The predicted octanol–water partition coefficient (Wildman–Crippen LogP) is 3.34. The minimum absolute atomic E-state index is 0.750. The fourth-order valence-corrected chi connectivity index (χ4v) is 1.45. The molecule has 0 spiro atoms. The van der Waals surface area contributed by atoms with E-state index >= 15 is 0 Å². The Kier molecular flexibility index (Phi) is 3.54. The average Bonchev–Trinajstić information content (AvgIpc) is 2.38. The molecule has 2 heteroatoms. The lowest BCUT2D eigenvalue weighted by molar-refractivity contribution is 0.317. The van der Waals surface area contributed by atoms with E-state index in [0.717, 1.165) is 29.9 Å². The summed E-state index contributed by atoms with van der Waals surface area (Å²) in [6.07, 6.45) is 4.58. The van der Waals surface area contributed by atoms with E-state index in [1.165, 1.54) is 0 Å². The van der Waals surface area contributed by atoms with E-state index in [-0.39, 0.29) is 0 Å². The Balaban J connectivity index is 2.22. The SMILES string of the molecule is CCCOc1cc[c]c(-c2ccncc2)c1. The minimum atomic E-state index is 0.750. The lowest BCUT2D eigenvalue weighted by atomic mass is 10.1. The van der Waals surface area contributed by atoms with Gasteiger partial charge in [0.1, 0.15) is 5.75 Å². The zero-order valence-electron chi connectivity index (χ0n) is 9.31. The number of ether oxygens (including phenoxy) is 1. The van der Waals surface area contributed by atoms with Gasteiger partial charge in [0.2, 0.25) is 0 Å². The molecular weight excluding hydrogens is 198 g/mol. The number of nitrogens with zero attached hydrogens (tertiary/aromatic N) is 1. The summed E-state index contributed by atoms with van der Waals surface area (Å²) in [5, 5.41) is 0. The lowest BCUT2D eigenvalue weighted by Crippen LogP contribution is -1.94. The van der Waals surface area contributed by atoms with Crippen molar-refractivity contribution in [2.45, 2.75) is 13.3 Å². The molecule has 0 aliphatic heterocycles. The zero-order chi connectivity index (χ0) is 11.2. The molecule has 0 N–H and O–H groups in total. The molecule has 1 heterocycles. The summed E-state index contributed by atoms with van der Waals surface area (Å²) >= 11 is 0. The summed E-state index contributed by atoms with van der Waals surface area (Å²) in [5.41, 5.74) is 2.15. The quantitative estimate of drug-likeness (QED) is 0.775. The maximum Gasteiger partial charge on any atom is 0.119 e. The van der Waals surface area contributed by atoms with Gasteiger partial charge >= 0.3 is 0 Å². The van der Waals surface area contributed by atoms with Crippen molar-refractivity contribution in [3.05, 3.63) is 48.8 Å². The van der Waals surface area contributed by atoms with Crippen LogP contribution < -0.4 is 4.74 Å². The molecule has 0 amide bonds. The predicted molar refractivity (Wildman–Crippen MR) is 64.3 cm³/mol. The van der Waals surface area contributed by atoms with Crippen molar-refractivity contribution >= 4 is 0 Å². The van der Waals surface area contributed by atoms with Crippen LogP contribution in [-0.4, -0.2) is 11.6 Å². The molecular formula is C14H14NO. The molecule has 0 saturated heterocycles. The molecule has 81 valence electrons. The number of rotatable bonds is 4. The highest BCUT2D eigenvalue weighted by Crippen LogP contribution is 2.22. The first kappa shape index (κ1) is 10.7. The molecule has 2 aromatic rings. The molecule has 2 nitrogen and oxygen atoms in total. The third-order valence-corrected chi connectivity index (χ3v) is 2.24. The van der Waals surface area contributed by atoms with Gasteiger partial charge in [0.25, 0.3) is 0 Å². The Hall–Kier alpha value is -1.83. The Morgan fingerprint density at radius 1 is 1.25 bits per heavy atom. The second-order valence-electron chi connectivity index (χ2n) is 3.52. The van der Waals surface area contributed by atoms with Crippen molar-refractivity contribution in [3.63, 3.8) is 0 Å². The topological polar surface area (TPSA) is 22.1 Å². The van der Waals surface area contributed by atoms with Crippen LogP contribution in [0.5, 0.6) is 5.75 Å². The van der Waals surface area contributed by atoms with Gasteiger partial charge < -0.3 is 4.74 Å². The van der Waals surface area contributed by atoms with Crippen molar-refractivity contribution in [2.24, 2.45) is 0 Å². The Morgan fingerprint density at radius 3 is 2.81 bits per heavy atom. The molecule has 2 rings (SSSR count). The van der Waals surface area contributed by atoms with E-state index in [1.54, 1.807) is 12.4 Å². The van der Waals surface area contributed by atoms with Crippen molar-refractivity contribution in [2.75, 3.05) is 6.61 Å². The standard InChI is InChI=1S/C14H14NO/c1-2-10-16-14-5-3-4-13(11-14)12-6-8-15-9-7-12/h3,5-9,11H,2,10H2,1H3. The van der Waals surface area contributed by atoms with Crippen LogP contribution in [0.2, 0.25) is 0 Å². The van der Waals surface area contributed by atoms with Gasteiger partial charge in [0, 0.05) is 12.4 Å². The number of hydrogen-bond acceptors (Lipinski definition) is 2. The largest absolute Gasteiger partial charge is 0.494 e. The van der Waals surface area contributed by atoms with Gasteiger partial charge in [-0.3, -0.25) is 4.98 Å². The first-order chi connectivity index (χ1) is 7.90. The monoisotopic (exact) mass is 212 g/mol. The molecule has 0 aliphatic carbocycles. The van der Waals surface area contributed by atoms with E-state index in [1.807, 2.05) is 30.3 Å². The van der Waals surface area contributed by atoms with Crippen molar-refractivity contribution < 1.29 is 4.74 Å². The first-order valence-corrected chi connectivity index (χ1v) is 5.45. The van der Waals surface area contributed by atoms with Crippen molar-refractivity contribution in [3.8, 4) is 16.9 Å². The summed E-state index contributed by atoms with van der Waals surface area (Å²) in [7, 11) is 0. The van der Waals surface area contributed by atoms with Gasteiger partial charge in [0.15, 0.2) is 0 Å². The van der Waals surface area contributed by atoms with Gasteiger partial charge in [-0.1, -0.05) is 13.0 Å². The highest BCUT2D eigenvalue weighted by molar-refractivity contribution is 5.63. The van der Waals surface area contributed by atoms with Crippen LogP contribution in [0, 0.1) is 6.07 Å². The van der Waals surface area contributed by atoms with Crippen LogP contribution in [0.15, 0.2) is 42.7 Å². The minimum Gasteiger partial charge on any atom is -0.494 e. The highest BCUT2D eigenvalue weighted by Gasteiger charge is 1.99. The van der Waals surface area contributed by atoms with Crippen molar-refractivity contribution in [1.29, 1.82) is 0 Å². The Labute approximate surface area is 95.9 Å². The summed E-state index contributed by atoms with van der Waals surface area (Å²) < 4.78 is 5.58. The zero-order valence-corrected chi connectivity index (χ0v) is 9.31. The molecule has 1 radical (unpaired) electrons. The second kappa shape index (κ2) is 5.31. The number of pyridine rings is 1. The van der Waals surface area contributed by atoms with Crippen LogP contribution in [0.1, 0.15) is 13.3 Å². The molecule has 1 aromatic carbocycles. The van der Waals surface area contributed by atoms with E-state index in [2.05, 4.69) is 18.0 Å². The van der Waals surface area contributed by atoms with Gasteiger partial charge in [-0.05, 0) is 47.9 Å². The fraction of sp³-hybridized carbons (Fsp3) is 0.214. The molecule has 0 aliphatic rings. The number of aromatic nitrogens is 1. The maximum atomic E-state index is 5.58. The van der Waals surface area contributed by atoms with Gasteiger partial charge in [-0.25, -0.2) is 0 Å². The molecule has 1 aromatic heterocycles. The Bertz CT molecular complexity index is 439. The van der Waals surface area contributed by atoms with Crippen LogP contribution >= 0.6 is 0 Å². The normalized spacial score (nSPS) is 10.1. The van der Waals surface area contributed by atoms with E-state index in [0.29, 0.717) is 0 Å². The van der Waals surface area contributed by atoms with Crippen LogP contribution in [0.4, 0.5) is 0 Å². The average molecular weight is 212 g/mol. The van der Waals surface area contributed by atoms with Crippen LogP contribution in [0.3, 0.4) is 0 Å². The number of benzene rings is 1. The van der Waals surface area contributed by atoms with E-state index < -0.39 is 0 Å². The molecule has 0 bridgehead atoms. The third kappa shape index (κ3) is 2.60. The number of hydrogen-bond donors (Lipinski definition) is 0. The summed E-state index contributed by atoms with van der Waals surface area (Å²) in [6, 6.07) is 13.0. The maximum absolute atomic E-state index is 5.58. The van der Waals surface area contributed by atoms with Gasteiger partial charge in [-0.15, -0.1) is 0 Å². The van der Waals surface area contributed by atoms with Gasteiger partial charge in [-0.2, -0.15) is 0 Å². The molecule has 16 heavy (non-hydrogen) atoms. The van der Waals surface area contributed by atoms with Crippen LogP contribution in [0.25, 0.3) is 11.1 Å². The van der Waals surface area contributed by atoms with E-state index in [4.69, 9.17) is 4.74 Å². The molecule has 0 saturated carbocycles. The van der Waals surface area contributed by atoms with Crippen molar-refractivity contribution in [1.82, 2.24) is 4.98 Å². The lowest BCUT2D eigenvalue weighted by Gasteiger charge is -2.06. The van der Waals surface area contributed by atoms with E-state index in [9.17, 15) is 0 Å². The first-order valence-electron chi connectivity index (χ1n) is 5.45. The molecule has 0 unspecified atom stereocenters. The second-order valence-corrected chi connectivity index (χ2v) is 3.52. The van der Waals surface area contributed by atoms with Gasteiger partial charge in [0.05, 0.1) is 6.61 Å². The third-order valence-electron chi connectivity index (χ3n) is 2.24. The molecule has 0 atom stereocenters. The van der Waals surface area contributed by atoms with Crippen LogP contribution in [-0.2, 0) is 0 Å². The summed E-state index contributed by atoms with van der Waals surface area (Å²) in [5.74, 6) is 0.896. The Morgan fingerprint density at radius 2 is 2.06 bits per heavy atom. The molecule has 0 fully saturated rings. The highest BCUT2D eigenvalue weighted by atomic mass is 16.5. The summed E-state index contributed by atoms with van der Waals surface area (Å²) in [4.78, 5) is 4.00.